The quantitative estimate of drug-likeness (QED) is 0.812. The molecular formula is C17H22N2O3. The number of hydrogen-bond acceptors (Lipinski definition) is 3. The van der Waals surface area contributed by atoms with Crippen molar-refractivity contribution in [1.29, 1.82) is 0 Å². The minimum Gasteiger partial charge on any atom is -0.497 e. The van der Waals surface area contributed by atoms with E-state index in [1.54, 1.807) is 7.11 Å². The number of carbonyl (C=O) groups is 1. The summed E-state index contributed by atoms with van der Waals surface area (Å²) in [6.45, 7) is 2.13. The molecule has 1 heterocycles. The van der Waals surface area contributed by atoms with E-state index in [0.717, 1.165) is 35.9 Å². The summed E-state index contributed by atoms with van der Waals surface area (Å²) in [6.07, 6.45) is 2.89. The van der Waals surface area contributed by atoms with Gasteiger partial charge in [0.15, 0.2) is 0 Å². The van der Waals surface area contributed by atoms with Gasteiger partial charge in [-0.25, -0.2) is 0 Å². The second-order valence-electron chi connectivity index (χ2n) is 6.37. The molecule has 118 valence electrons. The number of amides is 1. The Kier molecular flexibility index (Phi) is 3.83. The number of aromatic nitrogens is 1. The van der Waals surface area contributed by atoms with Crippen LogP contribution < -0.4 is 10.1 Å². The van der Waals surface area contributed by atoms with Gasteiger partial charge in [0.2, 0.25) is 0 Å². The molecule has 1 aromatic heterocycles. The molecule has 5 nitrogen and oxygen atoms in total. The average Bonchev–Trinajstić information content (AvgIpc) is 3.11. The molecular weight excluding hydrogens is 280 g/mol. The van der Waals surface area contributed by atoms with Crippen molar-refractivity contribution in [2.45, 2.75) is 32.2 Å². The van der Waals surface area contributed by atoms with Crippen LogP contribution in [-0.2, 0) is 0 Å². The lowest BCUT2D eigenvalue weighted by Crippen LogP contribution is -2.44. The van der Waals surface area contributed by atoms with Gasteiger partial charge in [-0.05, 0) is 37.1 Å². The predicted molar refractivity (Wildman–Crippen MR) is 85.1 cm³/mol. The molecule has 3 N–H and O–H groups in total. The summed E-state index contributed by atoms with van der Waals surface area (Å²) in [5, 5.41) is 13.6. The van der Waals surface area contributed by atoms with Gasteiger partial charge < -0.3 is 20.1 Å². The van der Waals surface area contributed by atoms with Crippen molar-refractivity contribution in [3.8, 4) is 5.75 Å². The fourth-order valence-corrected chi connectivity index (χ4v) is 3.26. The lowest BCUT2D eigenvalue weighted by Gasteiger charge is -2.29. The van der Waals surface area contributed by atoms with Gasteiger partial charge in [-0.15, -0.1) is 0 Å². The lowest BCUT2D eigenvalue weighted by atomic mass is 9.86. The molecule has 0 radical (unpaired) electrons. The van der Waals surface area contributed by atoms with Crippen molar-refractivity contribution < 1.29 is 14.6 Å². The largest absolute Gasteiger partial charge is 0.497 e. The monoisotopic (exact) mass is 302 g/mol. The van der Waals surface area contributed by atoms with E-state index in [9.17, 15) is 9.90 Å². The van der Waals surface area contributed by atoms with Crippen molar-refractivity contribution >= 4 is 16.8 Å². The van der Waals surface area contributed by atoms with Crippen LogP contribution in [0.4, 0.5) is 0 Å². The number of benzene rings is 1. The highest BCUT2D eigenvalue weighted by atomic mass is 16.5. The number of aliphatic hydroxyl groups excluding tert-OH is 1. The molecule has 2 aromatic rings. The topological polar surface area (TPSA) is 74.4 Å². The molecule has 1 aliphatic rings. The molecule has 2 atom stereocenters. The van der Waals surface area contributed by atoms with Gasteiger partial charge in [0, 0.05) is 22.4 Å². The van der Waals surface area contributed by atoms with Crippen LogP contribution in [0.2, 0.25) is 0 Å². The van der Waals surface area contributed by atoms with Crippen LogP contribution in [0.1, 0.15) is 36.7 Å². The Balaban J connectivity index is 1.80. The number of aromatic amines is 1. The van der Waals surface area contributed by atoms with E-state index < -0.39 is 0 Å². The zero-order chi connectivity index (χ0) is 15.7. The first-order valence-electron chi connectivity index (χ1n) is 7.64. The normalized spacial score (nSPS) is 24.6. The third-order valence-corrected chi connectivity index (χ3v) is 4.82. The Morgan fingerprint density at radius 3 is 3.05 bits per heavy atom. The Bertz CT molecular complexity index is 694. The highest BCUT2D eigenvalue weighted by molar-refractivity contribution is 5.98. The molecule has 1 saturated carbocycles. The van der Waals surface area contributed by atoms with Crippen molar-refractivity contribution in [3.05, 3.63) is 30.0 Å². The van der Waals surface area contributed by atoms with Gasteiger partial charge in [-0.2, -0.15) is 0 Å². The fraction of sp³-hybridized carbons (Fsp3) is 0.471. The van der Waals surface area contributed by atoms with Gasteiger partial charge in [-0.3, -0.25) is 4.79 Å². The van der Waals surface area contributed by atoms with Gasteiger partial charge in [-0.1, -0.05) is 13.3 Å². The number of carbonyl (C=O) groups excluding carboxylic acids is 1. The molecule has 3 rings (SSSR count). The Labute approximate surface area is 129 Å². The number of ether oxygens (including phenoxy) is 1. The SMILES string of the molecule is COc1ccc2[nH]c(C(=O)N[C@@H]3CCC[C@@]3(C)CO)cc2c1. The summed E-state index contributed by atoms with van der Waals surface area (Å²) in [6, 6.07) is 7.51. The van der Waals surface area contributed by atoms with Crippen LogP contribution in [0.25, 0.3) is 10.9 Å². The Morgan fingerprint density at radius 2 is 2.32 bits per heavy atom. The van der Waals surface area contributed by atoms with Crippen LogP contribution in [-0.4, -0.2) is 35.8 Å². The van der Waals surface area contributed by atoms with Crippen LogP contribution in [0.15, 0.2) is 24.3 Å². The van der Waals surface area contributed by atoms with Gasteiger partial charge in [0.1, 0.15) is 11.4 Å². The standard InChI is InChI=1S/C17H22N2O3/c1-17(10-20)7-3-4-15(17)19-16(21)14-9-11-8-12(22-2)5-6-13(11)18-14/h5-6,8-9,15,18,20H,3-4,7,10H2,1-2H3,(H,19,21)/t15-,17+/m1/s1. The summed E-state index contributed by atoms with van der Waals surface area (Å²) >= 11 is 0. The molecule has 1 fully saturated rings. The zero-order valence-corrected chi connectivity index (χ0v) is 13.0. The minimum atomic E-state index is -0.217. The van der Waals surface area contributed by atoms with Crippen LogP contribution in [0.5, 0.6) is 5.75 Å². The van der Waals surface area contributed by atoms with Gasteiger partial charge in [0.05, 0.1) is 13.7 Å². The van der Waals surface area contributed by atoms with Crippen molar-refractivity contribution in [2.24, 2.45) is 5.41 Å². The van der Waals surface area contributed by atoms with E-state index in [1.807, 2.05) is 31.2 Å². The maximum absolute atomic E-state index is 12.5. The number of aliphatic hydroxyl groups is 1. The second-order valence-corrected chi connectivity index (χ2v) is 6.37. The molecule has 5 heteroatoms. The van der Waals surface area contributed by atoms with Crippen molar-refractivity contribution in [1.82, 2.24) is 10.3 Å². The molecule has 0 saturated heterocycles. The Hall–Kier alpha value is -2.01. The van der Waals surface area contributed by atoms with Gasteiger partial charge >= 0.3 is 0 Å². The summed E-state index contributed by atoms with van der Waals surface area (Å²) in [7, 11) is 1.62. The molecule has 22 heavy (non-hydrogen) atoms. The highest BCUT2D eigenvalue weighted by Gasteiger charge is 2.39. The molecule has 0 spiro atoms. The first-order chi connectivity index (χ1) is 10.6. The molecule has 1 aromatic carbocycles. The number of rotatable bonds is 4. The van der Waals surface area contributed by atoms with Crippen molar-refractivity contribution in [2.75, 3.05) is 13.7 Å². The maximum atomic E-state index is 12.5. The third-order valence-electron chi connectivity index (χ3n) is 4.82. The second kappa shape index (κ2) is 5.65. The van der Waals surface area contributed by atoms with E-state index in [0.29, 0.717) is 5.69 Å². The van der Waals surface area contributed by atoms with E-state index in [2.05, 4.69) is 10.3 Å². The lowest BCUT2D eigenvalue weighted by molar-refractivity contribution is 0.0827. The van der Waals surface area contributed by atoms with Crippen LogP contribution in [0, 0.1) is 5.41 Å². The molecule has 0 aliphatic heterocycles. The third kappa shape index (κ3) is 2.57. The highest BCUT2D eigenvalue weighted by Crippen LogP contribution is 2.37. The molecule has 0 bridgehead atoms. The summed E-state index contributed by atoms with van der Waals surface area (Å²) in [4.78, 5) is 15.6. The zero-order valence-electron chi connectivity index (χ0n) is 13.0. The van der Waals surface area contributed by atoms with Crippen LogP contribution >= 0.6 is 0 Å². The molecule has 0 unspecified atom stereocenters. The predicted octanol–water partition coefficient (Wildman–Crippen LogP) is 2.46. The molecule has 1 aliphatic carbocycles. The average molecular weight is 302 g/mol. The first-order valence-corrected chi connectivity index (χ1v) is 7.64. The van der Waals surface area contributed by atoms with E-state index >= 15 is 0 Å². The maximum Gasteiger partial charge on any atom is 0.267 e. The summed E-state index contributed by atoms with van der Waals surface area (Å²) in [5.41, 5.74) is 1.22. The number of hydrogen-bond donors (Lipinski definition) is 3. The first kappa shape index (κ1) is 14.9. The molecule has 1 amide bonds. The smallest absolute Gasteiger partial charge is 0.267 e. The summed E-state index contributed by atoms with van der Waals surface area (Å²) < 4.78 is 5.20. The minimum absolute atomic E-state index is 0.0194. The number of methoxy groups -OCH3 is 1. The van der Waals surface area contributed by atoms with Gasteiger partial charge in [0.25, 0.3) is 5.91 Å². The number of H-pyrrole nitrogens is 1. The van der Waals surface area contributed by atoms with Crippen LogP contribution in [0.3, 0.4) is 0 Å². The number of nitrogens with one attached hydrogen (secondary N) is 2. The van der Waals surface area contributed by atoms with E-state index in [4.69, 9.17) is 4.74 Å². The van der Waals surface area contributed by atoms with E-state index in [1.165, 1.54) is 0 Å². The fourth-order valence-electron chi connectivity index (χ4n) is 3.26. The summed E-state index contributed by atoms with van der Waals surface area (Å²) in [5.74, 6) is 0.642. The van der Waals surface area contributed by atoms with Crippen molar-refractivity contribution in [3.63, 3.8) is 0 Å². The number of fused-ring (bicyclic) bond motifs is 1. The van der Waals surface area contributed by atoms with E-state index in [-0.39, 0.29) is 24.0 Å². The Morgan fingerprint density at radius 1 is 1.50 bits per heavy atom.